The number of halogens is 4. The lowest BCUT2D eigenvalue weighted by Crippen LogP contribution is -2.56. The number of alkyl halides is 2. The van der Waals surface area contributed by atoms with Crippen LogP contribution in [0, 0.1) is 5.82 Å². The van der Waals surface area contributed by atoms with Crippen LogP contribution < -0.4 is 16.4 Å². The molecule has 1 aromatic heterocycles. The average molecular weight is 479 g/mol. The van der Waals surface area contributed by atoms with E-state index in [2.05, 4.69) is 32.4 Å². The highest BCUT2D eigenvalue weighted by Crippen LogP contribution is 2.53. The maximum absolute atomic E-state index is 14.3. The molecule has 1 aromatic carbocycles. The number of carbonyl (C=O) groups is 1. The number of allylic oxidation sites excluding steroid dienone is 1. The van der Waals surface area contributed by atoms with E-state index in [1.54, 1.807) is 12.1 Å². The van der Waals surface area contributed by atoms with Crippen LogP contribution in [-0.4, -0.2) is 42.1 Å². The molecule has 1 aliphatic rings. The van der Waals surface area contributed by atoms with Gasteiger partial charge in [0.1, 0.15) is 5.82 Å². The highest BCUT2D eigenvalue weighted by molar-refractivity contribution is 6.31. The molecule has 0 radical (unpaired) electrons. The van der Waals surface area contributed by atoms with Crippen molar-refractivity contribution in [3.63, 3.8) is 0 Å². The lowest BCUT2D eigenvalue weighted by Gasteiger charge is -2.47. The monoisotopic (exact) mass is 478 g/mol. The van der Waals surface area contributed by atoms with E-state index >= 15 is 0 Å². The molecule has 0 bridgehead atoms. The van der Waals surface area contributed by atoms with Gasteiger partial charge in [-0.15, -0.1) is 10.2 Å². The predicted octanol–water partition coefficient (Wildman–Crippen LogP) is 3.40. The third kappa shape index (κ3) is 5.33. The van der Waals surface area contributed by atoms with Crippen molar-refractivity contribution in [3.8, 4) is 0 Å². The van der Waals surface area contributed by atoms with E-state index in [-0.39, 0.29) is 34.4 Å². The summed E-state index contributed by atoms with van der Waals surface area (Å²) in [5.74, 6) is -4.06. The molecule has 1 heterocycles. The molecular weight excluding hydrogens is 457 g/mol. The van der Waals surface area contributed by atoms with E-state index in [0.717, 1.165) is 6.07 Å². The highest BCUT2D eigenvalue weighted by atomic mass is 35.5. The standard InChI is InChI=1S/C22H22ClF3N6O/c1-3-17(14-9-13(19(33)28-2)6-7-16(14)24)31-32-20(27)30-12-21(10-22(25,26)11-21)18-15(23)5-4-8-29-18/h3-9H,1,10-12H2,2H3,(H,28,33)(H3,27,30,32)/b31-17+. The summed E-state index contributed by atoms with van der Waals surface area (Å²) in [5, 5.41) is 13.2. The van der Waals surface area contributed by atoms with Gasteiger partial charge in [-0.25, -0.2) is 13.2 Å². The first-order chi connectivity index (χ1) is 15.6. The Kier molecular flexibility index (Phi) is 7.06. The molecule has 174 valence electrons. The zero-order valence-corrected chi connectivity index (χ0v) is 18.5. The van der Waals surface area contributed by atoms with Gasteiger partial charge in [0.2, 0.25) is 11.9 Å². The molecule has 33 heavy (non-hydrogen) atoms. The summed E-state index contributed by atoms with van der Waals surface area (Å²) in [4.78, 5) is 16.0. The molecule has 0 atom stereocenters. The molecule has 0 aliphatic heterocycles. The summed E-state index contributed by atoms with van der Waals surface area (Å²) in [6, 6.07) is 6.96. The summed E-state index contributed by atoms with van der Waals surface area (Å²) >= 11 is 6.19. The fraction of sp³-hybridized carbons (Fsp3) is 0.273. The Morgan fingerprint density at radius 3 is 2.67 bits per heavy atom. The van der Waals surface area contributed by atoms with Gasteiger partial charge in [-0.3, -0.25) is 9.78 Å². The maximum Gasteiger partial charge on any atom is 0.251 e. The van der Waals surface area contributed by atoms with Crippen LogP contribution in [0.5, 0.6) is 0 Å². The van der Waals surface area contributed by atoms with Crippen molar-refractivity contribution in [1.29, 1.82) is 0 Å². The van der Waals surface area contributed by atoms with E-state index in [1.165, 1.54) is 31.5 Å². The number of benzene rings is 1. The van der Waals surface area contributed by atoms with E-state index in [4.69, 9.17) is 17.3 Å². The first-order valence-electron chi connectivity index (χ1n) is 9.89. The number of carbonyl (C=O) groups excluding carboxylic acids is 1. The number of hydrogen-bond donors (Lipinski definition) is 3. The first kappa shape index (κ1) is 24.2. The largest absolute Gasteiger partial charge is 0.368 e. The normalized spacial score (nSPS) is 17.1. The van der Waals surface area contributed by atoms with Crippen molar-refractivity contribution >= 4 is 29.2 Å². The van der Waals surface area contributed by atoms with Crippen molar-refractivity contribution in [2.24, 2.45) is 15.9 Å². The van der Waals surface area contributed by atoms with Crippen molar-refractivity contribution in [3.05, 3.63) is 76.8 Å². The SMILES string of the molecule is C=C/C(=N\N=C(/N)NCC1(c2ncccc2Cl)CC(F)(F)C1)c1cc(C(=O)NC)ccc1F. The molecule has 1 saturated carbocycles. The maximum atomic E-state index is 14.3. The van der Waals surface area contributed by atoms with Crippen molar-refractivity contribution in [2.45, 2.75) is 24.2 Å². The van der Waals surface area contributed by atoms with E-state index in [9.17, 15) is 18.0 Å². The Morgan fingerprint density at radius 2 is 2.06 bits per heavy atom. The zero-order chi connectivity index (χ0) is 24.2. The topological polar surface area (TPSA) is 105 Å². The minimum absolute atomic E-state index is 0.00183. The van der Waals surface area contributed by atoms with Gasteiger partial charge in [-0.1, -0.05) is 18.2 Å². The number of pyridine rings is 1. The van der Waals surface area contributed by atoms with Crippen LogP contribution in [0.25, 0.3) is 0 Å². The molecular formula is C22H22ClF3N6O. The lowest BCUT2D eigenvalue weighted by atomic mass is 9.63. The highest BCUT2D eigenvalue weighted by Gasteiger charge is 2.58. The number of nitrogens with zero attached hydrogens (tertiary/aromatic N) is 3. The zero-order valence-electron chi connectivity index (χ0n) is 17.7. The number of aromatic nitrogens is 1. The van der Waals surface area contributed by atoms with E-state index in [0.29, 0.717) is 5.69 Å². The van der Waals surface area contributed by atoms with Gasteiger partial charge in [0.05, 0.1) is 16.4 Å². The Morgan fingerprint density at radius 1 is 1.33 bits per heavy atom. The number of amides is 1. The molecule has 4 N–H and O–H groups in total. The predicted molar refractivity (Wildman–Crippen MR) is 121 cm³/mol. The Labute approximate surface area is 193 Å². The number of rotatable bonds is 7. The van der Waals surface area contributed by atoms with Gasteiger partial charge in [-0.05, 0) is 36.4 Å². The Bertz CT molecular complexity index is 1130. The number of hydrogen-bond acceptors (Lipinski definition) is 4. The number of guanidine groups is 1. The van der Waals surface area contributed by atoms with Crippen molar-refractivity contribution in [2.75, 3.05) is 13.6 Å². The fourth-order valence-electron chi connectivity index (χ4n) is 3.71. The molecule has 0 saturated heterocycles. The van der Waals surface area contributed by atoms with Crippen LogP contribution >= 0.6 is 11.6 Å². The fourth-order valence-corrected chi connectivity index (χ4v) is 4.03. The number of nitrogens with two attached hydrogens (primary N) is 1. The van der Waals surface area contributed by atoms with Gasteiger partial charge in [-0.2, -0.15) is 0 Å². The van der Waals surface area contributed by atoms with Gasteiger partial charge < -0.3 is 16.4 Å². The van der Waals surface area contributed by atoms with Gasteiger partial charge in [0, 0.05) is 49.2 Å². The minimum atomic E-state index is -2.84. The summed E-state index contributed by atoms with van der Waals surface area (Å²) in [6.07, 6.45) is 1.84. The molecule has 1 amide bonds. The molecule has 3 rings (SSSR count). The number of nitrogens with one attached hydrogen (secondary N) is 2. The summed E-state index contributed by atoms with van der Waals surface area (Å²) < 4.78 is 41.8. The average Bonchev–Trinajstić information content (AvgIpc) is 2.77. The van der Waals surface area contributed by atoms with Gasteiger partial charge >= 0.3 is 0 Å². The Hall–Kier alpha value is -3.40. The quantitative estimate of drug-likeness (QED) is 0.322. The second-order valence-corrected chi connectivity index (χ2v) is 8.03. The van der Waals surface area contributed by atoms with Crippen molar-refractivity contribution < 1.29 is 18.0 Å². The van der Waals surface area contributed by atoms with Gasteiger partial charge in [0.15, 0.2) is 0 Å². The third-order valence-electron chi connectivity index (χ3n) is 5.25. The minimum Gasteiger partial charge on any atom is -0.368 e. The molecule has 1 aliphatic carbocycles. The van der Waals surface area contributed by atoms with Crippen LogP contribution in [0.15, 0.2) is 59.4 Å². The van der Waals surface area contributed by atoms with Crippen LogP contribution in [0.3, 0.4) is 0 Å². The van der Waals surface area contributed by atoms with E-state index < -0.39 is 35.9 Å². The van der Waals surface area contributed by atoms with Gasteiger partial charge in [0.25, 0.3) is 5.91 Å². The van der Waals surface area contributed by atoms with Crippen LogP contribution in [0.4, 0.5) is 13.2 Å². The second kappa shape index (κ2) is 9.62. The third-order valence-corrected chi connectivity index (χ3v) is 5.56. The summed E-state index contributed by atoms with van der Waals surface area (Å²) in [5.41, 5.74) is 5.43. The van der Waals surface area contributed by atoms with Crippen LogP contribution in [-0.2, 0) is 5.41 Å². The lowest BCUT2D eigenvalue weighted by molar-refractivity contribution is -0.126. The molecule has 0 spiro atoms. The molecule has 11 heteroatoms. The molecule has 1 fully saturated rings. The van der Waals surface area contributed by atoms with Crippen LogP contribution in [0.2, 0.25) is 5.02 Å². The molecule has 0 unspecified atom stereocenters. The summed E-state index contributed by atoms with van der Waals surface area (Å²) in [6.45, 7) is 3.58. The first-order valence-corrected chi connectivity index (χ1v) is 10.3. The Balaban J connectivity index is 1.81. The smallest absolute Gasteiger partial charge is 0.251 e. The van der Waals surface area contributed by atoms with Crippen molar-refractivity contribution in [1.82, 2.24) is 15.6 Å². The summed E-state index contributed by atoms with van der Waals surface area (Å²) in [7, 11) is 1.45. The van der Waals surface area contributed by atoms with Crippen LogP contribution in [0.1, 0.15) is 34.5 Å². The van der Waals surface area contributed by atoms with E-state index in [1.807, 2.05) is 0 Å². The molecule has 7 nitrogen and oxygen atoms in total. The molecule has 2 aromatic rings. The second-order valence-electron chi connectivity index (χ2n) is 7.63.